The van der Waals surface area contributed by atoms with Gasteiger partial charge in [0, 0.05) is 24.1 Å². The quantitative estimate of drug-likeness (QED) is 0.842. The van der Waals surface area contributed by atoms with Crippen LogP contribution in [0.5, 0.6) is 5.75 Å². The number of hydrogen-bond acceptors (Lipinski definition) is 4. The maximum Gasteiger partial charge on any atom is 0.239 e. The van der Waals surface area contributed by atoms with Crippen LogP contribution in [0.15, 0.2) is 28.7 Å². The van der Waals surface area contributed by atoms with E-state index in [9.17, 15) is 4.79 Å². The monoisotopic (exact) mass is 356 g/mol. The fraction of sp³-hybridized carbons (Fsp3) is 0.533. The molecule has 6 heteroatoms. The molecule has 1 aliphatic rings. The molecule has 0 radical (unpaired) electrons. The van der Waals surface area contributed by atoms with Crippen molar-refractivity contribution in [2.24, 2.45) is 0 Å². The van der Waals surface area contributed by atoms with E-state index in [2.05, 4.69) is 26.1 Å². The summed E-state index contributed by atoms with van der Waals surface area (Å²) in [6, 6.07) is 7.52. The summed E-state index contributed by atoms with van der Waals surface area (Å²) in [4.78, 5) is 14.1. The molecule has 1 aromatic carbocycles. The minimum atomic E-state index is -0.216. The standard InChI is InChI=1S/C15H21BrN2O3/c1-2-17-15(19)14-11-20-9-7-18(14)8-10-21-13-5-3-12(16)4-6-13/h3-6,14H,2,7-11H2,1H3,(H,17,19). The zero-order valence-corrected chi connectivity index (χ0v) is 13.8. The topological polar surface area (TPSA) is 50.8 Å². The van der Waals surface area contributed by atoms with E-state index in [1.807, 2.05) is 31.2 Å². The summed E-state index contributed by atoms with van der Waals surface area (Å²) in [7, 11) is 0. The number of nitrogens with one attached hydrogen (secondary N) is 1. The zero-order valence-electron chi connectivity index (χ0n) is 12.2. The van der Waals surface area contributed by atoms with Crippen molar-refractivity contribution in [3.63, 3.8) is 0 Å². The lowest BCUT2D eigenvalue weighted by Gasteiger charge is -2.34. The summed E-state index contributed by atoms with van der Waals surface area (Å²) in [5.41, 5.74) is 0. The van der Waals surface area contributed by atoms with Crippen LogP contribution in [0, 0.1) is 0 Å². The first-order valence-corrected chi connectivity index (χ1v) is 7.98. The SMILES string of the molecule is CCNC(=O)C1COCCN1CCOc1ccc(Br)cc1. The van der Waals surface area contributed by atoms with Gasteiger partial charge in [-0.3, -0.25) is 9.69 Å². The van der Waals surface area contributed by atoms with Gasteiger partial charge >= 0.3 is 0 Å². The summed E-state index contributed by atoms with van der Waals surface area (Å²) in [5, 5.41) is 2.85. The second kappa shape index (κ2) is 8.36. The van der Waals surface area contributed by atoms with Gasteiger partial charge in [-0.25, -0.2) is 0 Å². The van der Waals surface area contributed by atoms with Crippen molar-refractivity contribution < 1.29 is 14.3 Å². The largest absolute Gasteiger partial charge is 0.492 e. The first-order valence-electron chi connectivity index (χ1n) is 7.18. The highest BCUT2D eigenvalue weighted by atomic mass is 79.9. The molecule has 1 N–H and O–H groups in total. The average molecular weight is 357 g/mol. The van der Waals surface area contributed by atoms with Gasteiger partial charge in [0.25, 0.3) is 0 Å². The fourth-order valence-electron chi connectivity index (χ4n) is 2.25. The first kappa shape index (κ1) is 16.3. The molecule has 1 atom stereocenters. The summed E-state index contributed by atoms with van der Waals surface area (Å²) in [6.07, 6.45) is 0. The molecule has 116 valence electrons. The van der Waals surface area contributed by atoms with Crippen molar-refractivity contribution in [2.45, 2.75) is 13.0 Å². The molecule has 21 heavy (non-hydrogen) atoms. The number of benzene rings is 1. The Morgan fingerprint density at radius 1 is 1.48 bits per heavy atom. The average Bonchev–Trinajstić information content (AvgIpc) is 2.50. The Morgan fingerprint density at radius 2 is 2.24 bits per heavy atom. The third kappa shape index (κ3) is 4.98. The van der Waals surface area contributed by atoms with Gasteiger partial charge in [-0.15, -0.1) is 0 Å². The van der Waals surface area contributed by atoms with Crippen LogP contribution in [-0.2, 0) is 9.53 Å². The molecule has 0 aliphatic carbocycles. The number of carbonyl (C=O) groups is 1. The number of amides is 1. The molecule has 1 saturated heterocycles. The second-order valence-electron chi connectivity index (χ2n) is 4.82. The number of carbonyl (C=O) groups excluding carboxylic acids is 1. The second-order valence-corrected chi connectivity index (χ2v) is 5.74. The Balaban J connectivity index is 1.82. The lowest BCUT2D eigenvalue weighted by Crippen LogP contribution is -2.54. The minimum Gasteiger partial charge on any atom is -0.492 e. The zero-order chi connectivity index (χ0) is 15.1. The van der Waals surface area contributed by atoms with Gasteiger partial charge in [0.15, 0.2) is 0 Å². The van der Waals surface area contributed by atoms with E-state index < -0.39 is 0 Å². The maximum atomic E-state index is 12.0. The summed E-state index contributed by atoms with van der Waals surface area (Å²) in [5.74, 6) is 0.863. The number of morpholine rings is 1. The molecule has 1 fully saturated rings. The van der Waals surface area contributed by atoms with E-state index in [1.54, 1.807) is 0 Å². The molecule has 5 nitrogen and oxygen atoms in total. The van der Waals surface area contributed by atoms with Crippen LogP contribution in [0.3, 0.4) is 0 Å². The molecule has 1 aliphatic heterocycles. The van der Waals surface area contributed by atoms with Crippen molar-refractivity contribution in [2.75, 3.05) is 39.5 Å². The maximum absolute atomic E-state index is 12.0. The van der Waals surface area contributed by atoms with Crippen LogP contribution in [0.2, 0.25) is 0 Å². The molecule has 1 amide bonds. The van der Waals surface area contributed by atoms with Crippen molar-refractivity contribution in [3.8, 4) is 5.75 Å². The van der Waals surface area contributed by atoms with Crippen LogP contribution in [0.25, 0.3) is 0 Å². The van der Waals surface area contributed by atoms with Gasteiger partial charge in [-0.1, -0.05) is 15.9 Å². The molecule has 1 heterocycles. The molecular weight excluding hydrogens is 336 g/mol. The third-order valence-corrected chi connectivity index (χ3v) is 3.88. The molecule has 0 bridgehead atoms. The highest BCUT2D eigenvalue weighted by molar-refractivity contribution is 9.10. The van der Waals surface area contributed by atoms with Crippen LogP contribution in [0.1, 0.15) is 6.92 Å². The summed E-state index contributed by atoms with van der Waals surface area (Å²) < 4.78 is 12.2. The Morgan fingerprint density at radius 3 is 2.95 bits per heavy atom. The van der Waals surface area contributed by atoms with E-state index >= 15 is 0 Å². The lowest BCUT2D eigenvalue weighted by atomic mass is 10.2. The van der Waals surface area contributed by atoms with Gasteiger partial charge in [-0.05, 0) is 31.2 Å². The number of nitrogens with zero attached hydrogens (tertiary/aromatic N) is 1. The van der Waals surface area contributed by atoms with Crippen LogP contribution >= 0.6 is 15.9 Å². The highest BCUT2D eigenvalue weighted by Gasteiger charge is 2.28. The lowest BCUT2D eigenvalue weighted by molar-refractivity contribution is -0.132. The number of hydrogen-bond donors (Lipinski definition) is 1. The molecule has 2 rings (SSSR count). The molecule has 0 aromatic heterocycles. The van der Waals surface area contributed by atoms with E-state index in [-0.39, 0.29) is 11.9 Å². The van der Waals surface area contributed by atoms with Crippen molar-refractivity contribution in [1.29, 1.82) is 0 Å². The predicted octanol–water partition coefficient (Wildman–Crippen LogP) is 1.66. The van der Waals surface area contributed by atoms with Crippen LogP contribution < -0.4 is 10.1 Å². The number of likely N-dealkylation sites (N-methyl/N-ethyl adjacent to an activating group) is 1. The molecule has 1 aromatic rings. The van der Waals surface area contributed by atoms with Gasteiger partial charge < -0.3 is 14.8 Å². The Bertz CT molecular complexity index is 453. The molecule has 1 unspecified atom stereocenters. The smallest absolute Gasteiger partial charge is 0.239 e. The Hall–Kier alpha value is -1.11. The normalized spacial score (nSPS) is 19.2. The molecule has 0 saturated carbocycles. The summed E-state index contributed by atoms with van der Waals surface area (Å²) >= 11 is 3.39. The van der Waals surface area contributed by atoms with Gasteiger partial charge in [-0.2, -0.15) is 0 Å². The Kier molecular flexibility index (Phi) is 6.48. The van der Waals surface area contributed by atoms with Crippen molar-refractivity contribution in [1.82, 2.24) is 10.2 Å². The van der Waals surface area contributed by atoms with E-state index in [4.69, 9.17) is 9.47 Å². The minimum absolute atomic E-state index is 0.0286. The highest BCUT2D eigenvalue weighted by Crippen LogP contribution is 2.16. The van der Waals surface area contributed by atoms with Crippen LogP contribution in [-0.4, -0.2) is 56.3 Å². The summed E-state index contributed by atoms with van der Waals surface area (Å²) in [6.45, 7) is 5.68. The van der Waals surface area contributed by atoms with Gasteiger partial charge in [0.2, 0.25) is 5.91 Å². The Labute approximate surface area is 133 Å². The number of rotatable bonds is 6. The third-order valence-electron chi connectivity index (χ3n) is 3.35. The van der Waals surface area contributed by atoms with Crippen LogP contribution in [0.4, 0.5) is 0 Å². The molecule has 0 spiro atoms. The van der Waals surface area contributed by atoms with E-state index in [0.29, 0.717) is 32.9 Å². The fourth-order valence-corrected chi connectivity index (χ4v) is 2.52. The molecular formula is C15H21BrN2O3. The van der Waals surface area contributed by atoms with Crippen molar-refractivity contribution >= 4 is 21.8 Å². The van der Waals surface area contributed by atoms with E-state index in [0.717, 1.165) is 16.8 Å². The number of ether oxygens (including phenoxy) is 2. The van der Waals surface area contributed by atoms with Crippen molar-refractivity contribution in [3.05, 3.63) is 28.7 Å². The van der Waals surface area contributed by atoms with Gasteiger partial charge in [0.05, 0.1) is 13.2 Å². The first-order chi connectivity index (χ1) is 10.2. The predicted molar refractivity (Wildman–Crippen MR) is 84.5 cm³/mol. The van der Waals surface area contributed by atoms with Gasteiger partial charge in [0.1, 0.15) is 18.4 Å². The van der Waals surface area contributed by atoms with E-state index in [1.165, 1.54) is 0 Å². The number of halogens is 1.